The Morgan fingerprint density at radius 2 is 2.07 bits per heavy atom. The van der Waals surface area contributed by atoms with E-state index in [0.29, 0.717) is 40.1 Å². The fourth-order valence-corrected chi connectivity index (χ4v) is 3.95. The first-order valence-corrected chi connectivity index (χ1v) is 9.71. The van der Waals surface area contributed by atoms with Crippen LogP contribution in [0, 0.1) is 18.3 Å². The zero-order chi connectivity index (χ0) is 21.4. The molecule has 1 aliphatic rings. The Morgan fingerprint density at radius 1 is 1.27 bits per heavy atom. The third-order valence-corrected chi connectivity index (χ3v) is 5.47. The highest BCUT2D eigenvalue weighted by Gasteiger charge is 2.36. The number of carbonyl (C=O) groups is 3. The van der Waals surface area contributed by atoms with Crippen LogP contribution in [-0.2, 0) is 9.59 Å². The number of aryl methyl sites for hydroxylation is 1. The maximum atomic E-state index is 12.8. The van der Waals surface area contributed by atoms with Crippen molar-refractivity contribution in [1.82, 2.24) is 10.3 Å². The number of H-pyrrole nitrogens is 1. The summed E-state index contributed by atoms with van der Waals surface area (Å²) >= 11 is 6.26. The molecule has 1 aromatic heterocycles. The van der Waals surface area contributed by atoms with Gasteiger partial charge in [0.15, 0.2) is 0 Å². The number of hydrogen-bond donors (Lipinski definition) is 2. The predicted octanol–water partition coefficient (Wildman–Crippen LogP) is 3.11. The Hall–Kier alpha value is -3.63. The molecule has 8 heteroatoms. The van der Waals surface area contributed by atoms with Crippen LogP contribution in [0.2, 0.25) is 5.02 Å². The van der Waals surface area contributed by atoms with Crippen molar-refractivity contribution in [2.24, 2.45) is 0 Å². The van der Waals surface area contributed by atoms with Crippen LogP contribution in [0.1, 0.15) is 27.9 Å². The van der Waals surface area contributed by atoms with Crippen LogP contribution in [0.25, 0.3) is 10.9 Å². The summed E-state index contributed by atoms with van der Waals surface area (Å²) in [4.78, 5) is 42.5. The summed E-state index contributed by atoms with van der Waals surface area (Å²) in [6, 6.07) is 11.4. The second-order valence-corrected chi connectivity index (χ2v) is 7.57. The van der Waals surface area contributed by atoms with Crippen molar-refractivity contribution in [3.05, 3.63) is 64.3 Å². The summed E-state index contributed by atoms with van der Waals surface area (Å²) in [6.07, 6.45) is 1.80. The van der Waals surface area contributed by atoms with Gasteiger partial charge in [-0.25, -0.2) is 0 Å². The monoisotopic (exact) mass is 420 g/mol. The van der Waals surface area contributed by atoms with E-state index >= 15 is 0 Å². The summed E-state index contributed by atoms with van der Waals surface area (Å²) in [5, 5.41) is 12.6. The van der Waals surface area contributed by atoms with Gasteiger partial charge in [0.05, 0.1) is 27.9 Å². The second kappa shape index (κ2) is 7.65. The zero-order valence-electron chi connectivity index (χ0n) is 16.0. The van der Waals surface area contributed by atoms with E-state index in [9.17, 15) is 14.4 Å². The number of anilines is 1. The number of ketones is 1. The predicted molar refractivity (Wildman–Crippen MR) is 112 cm³/mol. The average molecular weight is 421 g/mol. The van der Waals surface area contributed by atoms with E-state index in [2.05, 4.69) is 10.3 Å². The Morgan fingerprint density at radius 3 is 2.80 bits per heavy atom. The number of fused-ring (bicyclic) bond motifs is 1. The summed E-state index contributed by atoms with van der Waals surface area (Å²) in [5.41, 5.74) is 2.74. The molecule has 0 radical (unpaired) electrons. The first-order chi connectivity index (χ1) is 14.4. The smallest absolute Gasteiger partial charge is 0.293 e. The number of benzene rings is 2. The van der Waals surface area contributed by atoms with E-state index in [1.807, 2.05) is 19.1 Å². The van der Waals surface area contributed by atoms with Gasteiger partial charge in [-0.15, -0.1) is 0 Å². The second-order valence-electron chi connectivity index (χ2n) is 7.16. The van der Waals surface area contributed by atoms with Crippen LogP contribution in [0.5, 0.6) is 0 Å². The first kappa shape index (κ1) is 19.7. The molecule has 3 aromatic rings. The Labute approximate surface area is 177 Å². The number of aromatic amines is 1. The molecule has 1 fully saturated rings. The summed E-state index contributed by atoms with van der Waals surface area (Å²) in [7, 11) is 0. The lowest BCUT2D eigenvalue weighted by Crippen LogP contribution is -2.44. The number of amides is 2. The van der Waals surface area contributed by atoms with Crippen molar-refractivity contribution in [3.63, 3.8) is 0 Å². The maximum Gasteiger partial charge on any atom is 0.293 e. The number of halogens is 1. The largest absolute Gasteiger partial charge is 0.360 e. The van der Waals surface area contributed by atoms with Crippen molar-refractivity contribution in [3.8, 4) is 6.07 Å². The highest BCUT2D eigenvalue weighted by Crippen LogP contribution is 2.30. The molecule has 1 saturated heterocycles. The fourth-order valence-electron chi connectivity index (χ4n) is 3.61. The van der Waals surface area contributed by atoms with Crippen LogP contribution in [0.15, 0.2) is 42.6 Å². The van der Waals surface area contributed by atoms with Gasteiger partial charge in [-0.1, -0.05) is 17.7 Å². The van der Waals surface area contributed by atoms with E-state index in [1.54, 1.807) is 30.3 Å². The van der Waals surface area contributed by atoms with Crippen LogP contribution in [-0.4, -0.2) is 35.2 Å². The van der Waals surface area contributed by atoms with Gasteiger partial charge in [-0.05, 0) is 49.2 Å². The molecule has 1 atom stereocenters. The number of carbonyl (C=O) groups excluding carboxylic acids is 3. The normalized spacial score (nSPS) is 16.0. The minimum absolute atomic E-state index is 0.156. The Bertz CT molecular complexity index is 1240. The number of nitrogens with one attached hydrogen (secondary N) is 2. The van der Waals surface area contributed by atoms with Crippen molar-refractivity contribution >= 4 is 45.8 Å². The third-order valence-electron chi connectivity index (χ3n) is 5.17. The quantitative estimate of drug-likeness (QED) is 0.499. The topological polar surface area (TPSA) is 106 Å². The molecule has 1 unspecified atom stereocenters. The molecule has 0 spiro atoms. The standard InChI is InChI=1S/C22H17ClN4O3/c1-12-2-5-19(16(23)8-12)27-7-6-18(22(27)30)26-21(29)20(28)15-11-25-17-4-3-13(10-24)9-14(15)17/h2-5,8-9,11,18,25H,6-7H2,1H3,(H,26,29). The number of rotatable bonds is 4. The number of aromatic nitrogens is 1. The Balaban J connectivity index is 1.51. The van der Waals surface area contributed by atoms with Crippen LogP contribution >= 0.6 is 11.6 Å². The van der Waals surface area contributed by atoms with E-state index in [4.69, 9.17) is 16.9 Å². The van der Waals surface area contributed by atoms with Crippen molar-refractivity contribution < 1.29 is 14.4 Å². The average Bonchev–Trinajstić information content (AvgIpc) is 3.31. The Kier molecular flexibility index (Phi) is 5.02. The zero-order valence-corrected chi connectivity index (χ0v) is 16.8. The van der Waals surface area contributed by atoms with Crippen LogP contribution in [0.4, 0.5) is 5.69 Å². The molecule has 30 heavy (non-hydrogen) atoms. The molecule has 2 aromatic carbocycles. The molecule has 0 aliphatic carbocycles. The lowest BCUT2D eigenvalue weighted by Gasteiger charge is -2.18. The third kappa shape index (κ3) is 3.42. The first-order valence-electron chi connectivity index (χ1n) is 9.33. The minimum Gasteiger partial charge on any atom is -0.360 e. The van der Waals surface area contributed by atoms with Crippen molar-refractivity contribution in [2.45, 2.75) is 19.4 Å². The highest BCUT2D eigenvalue weighted by atomic mass is 35.5. The van der Waals surface area contributed by atoms with Gasteiger partial charge in [-0.2, -0.15) is 5.26 Å². The SMILES string of the molecule is Cc1ccc(N2CCC(NC(=O)C(=O)c3c[nH]c4ccc(C#N)cc34)C2=O)c(Cl)c1. The van der Waals surface area contributed by atoms with E-state index in [1.165, 1.54) is 11.1 Å². The maximum absolute atomic E-state index is 12.8. The van der Waals surface area contributed by atoms with E-state index < -0.39 is 17.7 Å². The molecule has 2 heterocycles. The summed E-state index contributed by atoms with van der Waals surface area (Å²) in [5.74, 6) is -1.95. The minimum atomic E-state index is -0.867. The molecular formula is C22H17ClN4O3. The molecule has 2 N–H and O–H groups in total. The van der Waals surface area contributed by atoms with Gasteiger partial charge >= 0.3 is 0 Å². The van der Waals surface area contributed by atoms with Gasteiger partial charge in [0, 0.05) is 23.6 Å². The summed E-state index contributed by atoms with van der Waals surface area (Å²) < 4.78 is 0. The molecule has 150 valence electrons. The molecular weight excluding hydrogens is 404 g/mol. The fraction of sp³-hybridized carbons (Fsp3) is 0.182. The molecule has 2 amide bonds. The summed E-state index contributed by atoms with van der Waals surface area (Å²) in [6.45, 7) is 2.29. The molecule has 0 saturated carbocycles. The molecule has 0 bridgehead atoms. The van der Waals surface area contributed by atoms with Gasteiger partial charge in [0.25, 0.3) is 11.7 Å². The lowest BCUT2D eigenvalue weighted by molar-refractivity contribution is -0.124. The van der Waals surface area contributed by atoms with Crippen LogP contribution in [0.3, 0.4) is 0 Å². The van der Waals surface area contributed by atoms with Crippen molar-refractivity contribution in [2.75, 3.05) is 11.4 Å². The van der Waals surface area contributed by atoms with Crippen LogP contribution < -0.4 is 10.2 Å². The van der Waals surface area contributed by atoms with Gasteiger partial charge in [-0.3, -0.25) is 14.4 Å². The lowest BCUT2D eigenvalue weighted by atomic mass is 10.1. The number of nitrogens with zero attached hydrogens (tertiary/aromatic N) is 2. The van der Waals surface area contributed by atoms with Crippen molar-refractivity contribution in [1.29, 1.82) is 5.26 Å². The number of nitriles is 1. The molecule has 1 aliphatic heterocycles. The molecule has 4 rings (SSSR count). The highest BCUT2D eigenvalue weighted by molar-refractivity contribution is 6.45. The van der Waals surface area contributed by atoms with Gasteiger partial charge in [0.1, 0.15) is 6.04 Å². The molecule has 7 nitrogen and oxygen atoms in total. The van der Waals surface area contributed by atoms with Gasteiger partial charge < -0.3 is 15.2 Å². The van der Waals surface area contributed by atoms with Gasteiger partial charge in [0.2, 0.25) is 5.91 Å². The van der Waals surface area contributed by atoms with E-state index in [-0.39, 0.29) is 11.5 Å². The van der Waals surface area contributed by atoms with E-state index in [0.717, 1.165) is 5.56 Å². The number of Topliss-reactive ketones (excluding diaryl/α,β-unsaturated/α-hetero) is 1. The number of hydrogen-bond acceptors (Lipinski definition) is 4.